The Morgan fingerprint density at radius 2 is 2.44 bits per heavy atom. The van der Waals surface area contributed by atoms with Crippen LogP contribution in [0.15, 0.2) is 29.3 Å². The minimum atomic E-state index is 0.734. The zero-order valence-electron chi connectivity index (χ0n) is 4.61. The van der Waals surface area contributed by atoms with Gasteiger partial charge in [-0.15, -0.1) is 0 Å². The zero-order valence-corrected chi connectivity index (χ0v) is 4.61. The molecule has 0 amide bonds. The molecule has 0 saturated carbocycles. The molecule has 0 N–H and O–H groups in total. The maximum Gasteiger partial charge on any atom is 0.182 e. The Morgan fingerprint density at radius 1 is 1.44 bits per heavy atom. The summed E-state index contributed by atoms with van der Waals surface area (Å²) in [5.74, 6) is 0. The Labute approximate surface area is 51.3 Å². The fourth-order valence-electron chi connectivity index (χ4n) is 0.710. The summed E-state index contributed by atoms with van der Waals surface area (Å²) >= 11 is 0. The minimum absolute atomic E-state index is 0.734. The van der Waals surface area contributed by atoms with Gasteiger partial charge in [0, 0.05) is 6.20 Å². The summed E-state index contributed by atoms with van der Waals surface area (Å²) in [4.78, 5) is 7.76. The quantitative estimate of drug-likeness (QED) is 0.524. The molecule has 0 aliphatic carbocycles. The predicted octanol–water partition coefficient (Wildman–Crippen LogP) is 1.22. The second kappa shape index (κ2) is 1.55. The van der Waals surface area contributed by atoms with Gasteiger partial charge in [-0.2, -0.15) is 0 Å². The normalized spacial score (nSPS) is 10.2. The lowest BCUT2D eigenvalue weighted by molar-refractivity contribution is 0.601. The zero-order chi connectivity index (χ0) is 6.10. The van der Waals surface area contributed by atoms with Gasteiger partial charge in [0.1, 0.15) is 5.52 Å². The number of hydrogen-bond donors (Lipinski definition) is 0. The Bertz CT molecular complexity index is 285. The molecule has 3 nitrogen and oxygen atoms in total. The number of nitrogens with zero attached hydrogens (tertiary/aromatic N) is 2. The van der Waals surface area contributed by atoms with Crippen LogP contribution in [0.1, 0.15) is 0 Å². The van der Waals surface area contributed by atoms with Crippen molar-refractivity contribution in [3.63, 3.8) is 0 Å². The molecule has 2 heterocycles. The molecule has 0 bridgehead atoms. The average Bonchev–Trinajstić information content (AvgIpc) is 2.33. The monoisotopic (exact) mass is 120 g/mol. The average molecular weight is 120 g/mol. The fourth-order valence-corrected chi connectivity index (χ4v) is 0.710. The second-order valence-corrected chi connectivity index (χ2v) is 1.70. The number of oxazole rings is 1. The number of fused-ring (bicyclic) bond motifs is 1. The Morgan fingerprint density at radius 3 is 3.33 bits per heavy atom. The number of pyridine rings is 1. The van der Waals surface area contributed by atoms with Crippen molar-refractivity contribution in [1.29, 1.82) is 0 Å². The molecule has 2 aromatic rings. The van der Waals surface area contributed by atoms with Crippen LogP contribution >= 0.6 is 0 Å². The molecule has 2 aromatic heterocycles. The molecule has 44 valence electrons. The van der Waals surface area contributed by atoms with Crippen molar-refractivity contribution >= 4 is 11.1 Å². The molecule has 2 rings (SSSR count). The molecule has 0 unspecified atom stereocenters. The molecule has 0 aliphatic heterocycles. The van der Waals surface area contributed by atoms with E-state index < -0.39 is 0 Å². The van der Waals surface area contributed by atoms with E-state index in [-0.39, 0.29) is 0 Å². The third kappa shape index (κ3) is 0.579. The van der Waals surface area contributed by atoms with Gasteiger partial charge in [0.05, 0.1) is 6.20 Å². The Balaban J connectivity index is 2.95. The molecule has 0 saturated heterocycles. The summed E-state index contributed by atoms with van der Waals surface area (Å²) in [5.41, 5.74) is 1.59. The highest BCUT2D eigenvalue weighted by Gasteiger charge is 1.92. The molecule has 0 spiro atoms. The highest BCUT2D eigenvalue weighted by Crippen LogP contribution is 2.07. The van der Waals surface area contributed by atoms with Gasteiger partial charge in [-0.25, -0.2) is 4.98 Å². The fraction of sp³-hybridized carbons (Fsp3) is 0. The lowest BCUT2D eigenvalue weighted by Gasteiger charge is -1.79. The molecule has 3 heteroatoms. The highest BCUT2D eigenvalue weighted by molar-refractivity contribution is 5.69. The SMILES string of the molecule is c1cc2ncoc2cn1. The van der Waals surface area contributed by atoms with Gasteiger partial charge >= 0.3 is 0 Å². The van der Waals surface area contributed by atoms with Crippen LogP contribution in [0, 0.1) is 0 Å². The molecular weight excluding hydrogens is 116 g/mol. The molecule has 0 aromatic carbocycles. The number of aromatic nitrogens is 2. The van der Waals surface area contributed by atoms with Crippen LogP contribution < -0.4 is 0 Å². The first-order valence-corrected chi connectivity index (χ1v) is 2.60. The van der Waals surface area contributed by atoms with E-state index in [4.69, 9.17) is 4.42 Å². The summed E-state index contributed by atoms with van der Waals surface area (Å²) in [6, 6.07) is 1.80. The van der Waals surface area contributed by atoms with E-state index in [9.17, 15) is 0 Å². The van der Waals surface area contributed by atoms with Gasteiger partial charge in [-0.1, -0.05) is 0 Å². The first kappa shape index (κ1) is 4.49. The Kier molecular flexibility index (Phi) is 0.773. The lowest BCUT2D eigenvalue weighted by Crippen LogP contribution is -1.67. The van der Waals surface area contributed by atoms with Gasteiger partial charge in [0.2, 0.25) is 0 Å². The summed E-state index contributed by atoms with van der Waals surface area (Å²) < 4.78 is 4.94. The third-order valence-electron chi connectivity index (χ3n) is 1.13. The van der Waals surface area contributed by atoms with Crippen LogP contribution in [0.25, 0.3) is 11.1 Å². The summed E-state index contributed by atoms with van der Waals surface area (Å²) in [7, 11) is 0. The van der Waals surface area contributed by atoms with E-state index >= 15 is 0 Å². The predicted molar refractivity (Wildman–Crippen MR) is 31.8 cm³/mol. The van der Waals surface area contributed by atoms with Gasteiger partial charge in [0.15, 0.2) is 12.0 Å². The van der Waals surface area contributed by atoms with E-state index in [2.05, 4.69) is 9.97 Å². The van der Waals surface area contributed by atoms with Gasteiger partial charge < -0.3 is 4.42 Å². The number of rotatable bonds is 0. The third-order valence-corrected chi connectivity index (χ3v) is 1.13. The molecule has 0 fully saturated rings. The van der Waals surface area contributed by atoms with Crippen molar-refractivity contribution in [2.24, 2.45) is 0 Å². The highest BCUT2D eigenvalue weighted by atomic mass is 16.3. The topological polar surface area (TPSA) is 38.9 Å². The molecule has 0 aliphatic rings. The van der Waals surface area contributed by atoms with Gasteiger partial charge in [-0.05, 0) is 6.07 Å². The van der Waals surface area contributed by atoms with Crippen molar-refractivity contribution in [1.82, 2.24) is 9.97 Å². The van der Waals surface area contributed by atoms with E-state index in [0.717, 1.165) is 11.1 Å². The van der Waals surface area contributed by atoms with Crippen molar-refractivity contribution in [2.75, 3.05) is 0 Å². The lowest BCUT2D eigenvalue weighted by atomic mass is 10.4. The summed E-state index contributed by atoms with van der Waals surface area (Å²) in [6.07, 6.45) is 4.74. The van der Waals surface area contributed by atoms with E-state index in [0.29, 0.717) is 0 Å². The van der Waals surface area contributed by atoms with Crippen molar-refractivity contribution in [3.05, 3.63) is 24.9 Å². The van der Waals surface area contributed by atoms with Crippen LogP contribution in [-0.2, 0) is 0 Å². The van der Waals surface area contributed by atoms with Crippen LogP contribution in [0.3, 0.4) is 0 Å². The van der Waals surface area contributed by atoms with Crippen LogP contribution in [-0.4, -0.2) is 9.97 Å². The van der Waals surface area contributed by atoms with E-state index in [1.54, 1.807) is 18.5 Å². The summed E-state index contributed by atoms with van der Waals surface area (Å²) in [5, 5.41) is 0. The standard InChI is InChI=1S/C6H4N2O/c1-2-7-3-6-5(1)8-4-9-6/h1-4H. The molecule has 9 heavy (non-hydrogen) atoms. The molecular formula is C6H4N2O. The summed E-state index contributed by atoms with van der Waals surface area (Å²) in [6.45, 7) is 0. The van der Waals surface area contributed by atoms with Crippen molar-refractivity contribution in [3.8, 4) is 0 Å². The molecule has 0 radical (unpaired) electrons. The maximum atomic E-state index is 4.94. The number of hydrogen-bond acceptors (Lipinski definition) is 3. The van der Waals surface area contributed by atoms with Gasteiger partial charge in [0.25, 0.3) is 0 Å². The van der Waals surface area contributed by atoms with Crippen LogP contribution in [0.5, 0.6) is 0 Å². The van der Waals surface area contributed by atoms with Crippen LogP contribution in [0.2, 0.25) is 0 Å². The first-order chi connectivity index (χ1) is 4.47. The first-order valence-electron chi connectivity index (χ1n) is 2.60. The van der Waals surface area contributed by atoms with Crippen LogP contribution in [0.4, 0.5) is 0 Å². The second-order valence-electron chi connectivity index (χ2n) is 1.70. The Hall–Kier alpha value is -1.38. The smallest absolute Gasteiger partial charge is 0.182 e. The minimum Gasteiger partial charge on any atom is -0.442 e. The molecule has 0 atom stereocenters. The van der Waals surface area contributed by atoms with Gasteiger partial charge in [-0.3, -0.25) is 4.98 Å². The van der Waals surface area contributed by atoms with Crippen molar-refractivity contribution in [2.45, 2.75) is 0 Å². The van der Waals surface area contributed by atoms with E-state index in [1.165, 1.54) is 6.39 Å². The van der Waals surface area contributed by atoms with Crippen molar-refractivity contribution < 1.29 is 4.42 Å². The van der Waals surface area contributed by atoms with E-state index in [1.807, 2.05) is 0 Å². The largest absolute Gasteiger partial charge is 0.442 e. The maximum absolute atomic E-state index is 4.94.